The molecule has 0 saturated carbocycles. The highest BCUT2D eigenvalue weighted by molar-refractivity contribution is 5.90. The number of hydrogen-bond donors (Lipinski definition) is 2. The van der Waals surface area contributed by atoms with Gasteiger partial charge in [0.15, 0.2) is 6.10 Å². The molecule has 2 unspecified atom stereocenters. The molecule has 0 amide bonds. The van der Waals surface area contributed by atoms with Crippen molar-refractivity contribution in [1.82, 2.24) is 0 Å². The van der Waals surface area contributed by atoms with Crippen LogP contribution in [-0.2, 0) is 14.3 Å². The topological polar surface area (TPSA) is 83.8 Å². The zero-order chi connectivity index (χ0) is 13.6. The number of carbonyl (C=O) groups is 2. The minimum atomic E-state index is -1.66. The molecule has 0 spiro atoms. The van der Waals surface area contributed by atoms with Crippen molar-refractivity contribution in [2.24, 2.45) is 11.3 Å². The lowest BCUT2D eigenvalue weighted by atomic mass is 9.78. The summed E-state index contributed by atoms with van der Waals surface area (Å²) < 4.78 is 4.55. The Morgan fingerprint density at radius 3 is 2.29 bits per heavy atom. The van der Waals surface area contributed by atoms with Crippen molar-refractivity contribution in [3.8, 4) is 0 Å². The van der Waals surface area contributed by atoms with Crippen molar-refractivity contribution in [3.63, 3.8) is 0 Å². The van der Waals surface area contributed by atoms with Crippen LogP contribution in [-0.4, -0.2) is 34.9 Å². The van der Waals surface area contributed by atoms with Gasteiger partial charge in [0.1, 0.15) is 0 Å². The predicted molar refractivity (Wildman–Crippen MR) is 62.0 cm³/mol. The maximum atomic E-state index is 11.8. The van der Waals surface area contributed by atoms with Gasteiger partial charge in [0.05, 0.1) is 12.0 Å². The summed E-state index contributed by atoms with van der Waals surface area (Å²) in [6.45, 7) is 6.58. The fraction of sp³-hybridized carbons (Fsp3) is 0.833. The van der Waals surface area contributed by atoms with Crippen LogP contribution in [0.15, 0.2) is 0 Å². The molecule has 2 N–H and O–H groups in total. The molecule has 0 aliphatic carbocycles. The smallest absolute Gasteiger partial charge is 0.345 e. The molecule has 0 aromatic rings. The first-order valence-electron chi connectivity index (χ1n) is 5.82. The highest BCUT2D eigenvalue weighted by Gasteiger charge is 2.37. The first-order valence-corrected chi connectivity index (χ1v) is 5.82. The predicted octanol–water partition coefficient (Wildman–Crippen LogP) is 0.872. The van der Waals surface area contributed by atoms with Gasteiger partial charge in [-0.1, -0.05) is 20.3 Å². The van der Waals surface area contributed by atoms with Crippen molar-refractivity contribution in [1.29, 1.82) is 0 Å². The monoisotopic (exact) mass is 246 g/mol. The fourth-order valence-corrected chi connectivity index (χ4v) is 1.36. The Labute approximate surface area is 102 Å². The first kappa shape index (κ1) is 16.1. The summed E-state index contributed by atoms with van der Waals surface area (Å²) in [6, 6.07) is 0. The van der Waals surface area contributed by atoms with Crippen molar-refractivity contribution in [2.75, 3.05) is 6.61 Å². The fourth-order valence-electron chi connectivity index (χ4n) is 1.36. The molecule has 0 aliphatic rings. The van der Waals surface area contributed by atoms with E-state index in [1.165, 1.54) is 0 Å². The third kappa shape index (κ3) is 4.44. The van der Waals surface area contributed by atoms with Gasteiger partial charge in [0.25, 0.3) is 0 Å². The third-order valence-corrected chi connectivity index (χ3v) is 3.12. The van der Waals surface area contributed by atoms with Crippen LogP contribution < -0.4 is 0 Å². The average Bonchev–Trinajstić information content (AvgIpc) is 2.27. The van der Waals surface area contributed by atoms with E-state index in [0.29, 0.717) is 0 Å². The molecule has 100 valence electrons. The Hall–Kier alpha value is -0.940. The maximum Gasteiger partial charge on any atom is 0.345 e. The highest BCUT2D eigenvalue weighted by atomic mass is 16.6. The van der Waals surface area contributed by atoms with Gasteiger partial charge in [-0.3, -0.25) is 4.79 Å². The van der Waals surface area contributed by atoms with Crippen LogP contribution in [0.25, 0.3) is 0 Å². The summed E-state index contributed by atoms with van der Waals surface area (Å²) in [5, 5.41) is 17.6. The molecule has 0 bridgehead atoms. The van der Waals surface area contributed by atoms with Gasteiger partial charge in [-0.2, -0.15) is 0 Å². The van der Waals surface area contributed by atoms with Crippen molar-refractivity contribution in [3.05, 3.63) is 0 Å². The van der Waals surface area contributed by atoms with E-state index in [9.17, 15) is 9.59 Å². The SMILES string of the molecule is CCCC(C)C(C)(C)C(=O)OC(=O)C(O)CO. The Kier molecular flexibility index (Phi) is 6.34. The quantitative estimate of drug-likeness (QED) is 0.536. The minimum absolute atomic E-state index is 0.0686. The summed E-state index contributed by atoms with van der Waals surface area (Å²) in [5.41, 5.74) is -0.791. The van der Waals surface area contributed by atoms with Gasteiger partial charge in [0, 0.05) is 0 Å². The largest absolute Gasteiger partial charge is 0.393 e. The third-order valence-electron chi connectivity index (χ3n) is 3.12. The Balaban J connectivity index is 4.53. The molecule has 0 saturated heterocycles. The van der Waals surface area contributed by atoms with Gasteiger partial charge in [0.2, 0.25) is 0 Å². The number of aliphatic hydroxyl groups excluding tert-OH is 2. The average molecular weight is 246 g/mol. The second-order valence-electron chi connectivity index (χ2n) is 4.82. The summed E-state index contributed by atoms with van der Waals surface area (Å²) in [4.78, 5) is 22.9. The van der Waals surface area contributed by atoms with Crippen molar-refractivity contribution < 1.29 is 24.5 Å². The molecule has 17 heavy (non-hydrogen) atoms. The number of aliphatic hydroxyl groups is 2. The number of ether oxygens (including phenoxy) is 1. The number of hydrogen-bond acceptors (Lipinski definition) is 5. The lowest BCUT2D eigenvalue weighted by molar-refractivity contribution is -0.174. The van der Waals surface area contributed by atoms with E-state index in [0.717, 1.165) is 12.8 Å². The van der Waals surface area contributed by atoms with E-state index in [1.54, 1.807) is 13.8 Å². The van der Waals surface area contributed by atoms with Crippen LogP contribution in [0.5, 0.6) is 0 Å². The first-order chi connectivity index (χ1) is 7.77. The molecule has 2 atom stereocenters. The molecule has 0 heterocycles. The lowest BCUT2D eigenvalue weighted by Gasteiger charge is -2.28. The molecular weight excluding hydrogens is 224 g/mol. The highest BCUT2D eigenvalue weighted by Crippen LogP contribution is 2.31. The summed E-state index contributed by atoms with van der Waals surface area (Å²) in [5.74, 6) is -1.70. The zero-order valence-electron chi connectivity index (χ0n) is 10.9. The van der Waals surface area contributed by atoms with Crippen LogP contribution in [0.2, 0.25) is 0 Å². The Morgan fingerprint density at radius 2 is 1.88 bits per heavy atom. The van der Waals surface area contributed by atoms with Crippen LogP contribution in [0, 0.1) is 11.3 Å². The molecule has 0 aromatic carbocycles. The van der Waals surface area contributed by atoms with Gasteiger partial charge in [-0.25, -0.2) is 4.79 Å². The second kappa shape index (κ2) is 6.71. The van der Waals surface area contributed by atoms with Gasteiger partial charge < -0.3 is 14.9 Å². The van der Waals surface area contributed by atoms with Crippen LogP contribution in [0.4, 0.5) is 0 Å². The molecule has 5 heteroatoms. The maximum absolute atomic E-state index is 11.8. The van der Waals surface area contributed by atoms with Gasteiger partial charge >= 0.3 is 11.9 Å². The van der Waals surface area contributed by atoms with Crippen molar-refractivity contribution in [2.45, 2.75) is 46.6 Å². The molecular formula is C12H22O5. The lowest BCUT2D eigenvalue weighted by Crippen LogP contribution is -2.38. The number of rotatable bonds is 6. The van der Waals surface area contributed by atoms with Crippen molar-refractivity contribution >= 4 is 11.9 Å². The van der Waals surface area contributed by atoms with E-state index in [4.69, 9.17) is 10.2 Å². The molecule has 0 rings (SSSR count). The van der Waals surface area contributed by atoms with Gasteiger partial charge in [-0.05, 0) is 26.2 Å². The van der Waals surface area contributed by atoms with Gasteiger partial charge in [-0.15, -0.1) is 0 Å². The van der Waals surface area contributed by atoms with Crippen LogP contribution in [0.3, 0.4) is 0 Å². The number of esters is 2. The zero-order valence-corrected chi connectivity index (χ0v) is 10.9. The summed E-state index contributed by atoms with van der Waals surface area (Å²) >= 11 is 0. The van der Waals surface area contributed by atoms with E-state index in [2.05, 4.69) is 4.74 Å². The molecule has 0 fully saturated rings. The molecule has 0 aromatic heterocycles. The number of carbonyl (C=O) groups excluding carboxylic acids is 2. The second-order valence-corrected chi connectivity index (χ2v) is 4.82. The van der Waals surface area contributed by atoms with Crippen LogP contribution in [0.1, 0.15) is 40.5 Å². The van der Waals surface area contributed by atoms with E-state index in [1.807, 2.05) is 13.8 Å². The molecule has 0 radical (unpaired) electrons. The summed E-state index contributed by atoms with van der Waals surface area (Å²) in [6.07, 6.45) is 0.125. The normalized spacial score (nSPS) is 15.2. The van der Waals surface area contributed by atoms with Crippen LogP contribution >= 0.6 is 0 Å². The van der Waals surface area contributed by atoms with E-state index >= 15 is 0 Å². The standard InChI is InChI=1S/C12H22O5/c1-5-6-8(2)12(3,4)11(16)17-10(15)9(14)7-13/h8-9,13-14H,5-7H2,1-4H3. The van der Waals surface area contributed by atoms with E-state index < -0.39 is 30.1 Å². The summed E-state index contributed by atoms with van der Waals surface area (Å²) in [7, 11) is 0. The Morgan fingerprint density at radius 1 is 1.35 bits per heavy atom. The van der Waals surface area contributed by atoms with E-state index in [-0.39, 0.29) is 5.92 Å². The molecule has 5 nitrogen and oxygen atoms in total. The minimum Gasteiger partial charge on any atom is -0.393 e. The Bertz CT molecular complexity index is 272. The molecule has 0 aliphatic heterocycles.